The molecule has 0 bridgehead atoms. The standard InChI is InChI=1S/C11H20N6/c12-11-15-9(7-10(16-11)17-13)14-8-5-3-1-2-4-6-8/h7-8H,1-6,13H2,(H4,12,14,15,16,17). The molecule has 0 atom stereocenters. The van der Waals surface area contributed by atoms with Crippen LogP contribution in [0.15, 0.2) is 6.07 Å². The van der Waals surface area contributed by atoms with Gasteiger partial charge in [-0.2, -0.15) is 9.97 Å². The van der Waals surface area contributed by atoms with Crippen molar-refractivity contribution in [2.24, 2.45) is 5.84 Å². The Morgan fingerprint density at radius 2 is 1.71 bits per heavy atom. The van der Waals surface area contributed by atoms with Crippen molar-refractivity contribution >= 4 is 17.6 Å². The molecular weight excluding hydrogens is 216 g/mol. The summed E-state index contributed by atoms with van der Waals surface area (Å²) in [7, 11) is 0. The fraction of sp³-hybridized carbons (Fsp3) is 0.636. The van der Waals surface area contributed by atoms with Crippen molar-refractivity contribution in [3.63, 3.8) is 0 Å². The van der Waals surface area contributed by atoms with Gasteiger partial charge in [-0.15, -0.1) is 0 Å². The topological polar surface area (TPSA) is 102 Å². The lowest BCUT2D eigenvalue weighted by molar-refractivity contribution is 0.617. The van der Waals surface area contributed by atoms with Crippen LogP contribution in [0.25, 0.3) is 0 Å². The maximum absolute atomic E-state index is 5.61. The zero-order chi connectivity index (χ0) is 12.1. The van der Waals surface area contributed by atoms with Crippen LogP contribution in [-0.2, 0) is 0 Å². The molecule has 0 radical (unpaired) electrons. The van der Waals surface area contributed by atoms with E-state index in [-0.39, 0.29) is 5.95 Å². The third kappa shape index (κ3) is 3.45. The molecule has 17 heavy (non-hydrogen) atoms. The number of nitrogen functional groups attached to an aromatic ring is 2. The van der Waals surface area contributed by atoms with Gasteiger partial charge in [0.15, 0.2) is 0 Å². The van der Waals surface area contributed by atoms with E-state index in [0.717, 1.165) is 5.82 Å². The average Bonchev–Trinajstić information content (AvgIpc) is 2.57. The normalized spacial score (nSPS) is 17.5. The minimum Gasteiger partial charge on any atom is -0.368 e. The Morgan fingerprint density at radius 3 is 2.35 bits per heavy atom. The predicted octanol–water partition coefficient (Wildman–Crippen LogP) is 1.48. The van der Waals surface area contributed by atoms with E-state index in [1.54, 1.807) is 6.07 Å². The van der Waals surface area contributed by atoms with Crippen molar-refractivity contribution in [1.82, 2.24) is 9.97 Å². The summed E-state index contributed by atoms with van der Waals surface area (Å²) in [5.41, 5.74) is 8.10. The number of anilines is 3. The summed E-state index contributed by atoms with van der Waals surface area (Å²) in [4.78, 5) is 8.12. The molecule has 94 valence electrons. The number of hydrogen-bond donors (Lipinski definition) is 4. The Bertz CT molecular complexity index is 359. The highest BCUT2D eigenvalue weighted by atomic mass is 15.3. The van der Waals surface area contributed by atoms with Crippen molar-refractivity contribution in [3.8, 4) is 0 Å². The summed E-state index contributed by atoms with van der Waals surface area (Å²) < 4.78 is 0. The van der Waals surface area contributed by atoms with Crippen LogP contribution in [0, 0.1) is 0 Å². The van der Waals surface area contributed by atoms with Crippen LogP contribution in [-0.4, -0.2) is 16.0 Å². The molecule has 2 rings (SSSR count). The lowest BCUT2D eigenvalue weighted by atomic mass is 10.1. The van der Waals surface area contributed by atoms with Gasteiger partial charge in [0.05, 0.1) is 0 Å². The zero-order valence-corrected chi connectivity index (χ0v) is 9.95. The van der Waals surface area contributed by atoms with Gasteiger partial charge in [-0.25, -0.2) is 5.84 Å². The minimum atomic E-state index is 0.233. The van der Waals surface area contributed by atoms with E-state index in [1.807, 2.05) is 0 Å². The number of nitrogens with two attached hydrogens (primary N) is 2. The second-order valence-electron chi connectivity index (χ2n) is 4.47. The second-order valence-corrected chi connectivity index (χ2v) is 4.47. The Labute approximate surface area is 101 Å². The van der Waals surface area contributed by atoms with Crippen molar-refractivity contribution in [2.75, 3.05) is 16.5 Å². The van der Waals surface area contributed by atoms with Gasteiger partial charge in [0.1, 0.15) is 11.6 Å². The average molecular weight is 236 g/mol. The van der Waals surface area contributed by atoms with E-state index in [4.69, 9.17) is 11.6 Å². The van der Waals surface area contributed by atoms with Gasteiger partial charge < -0.3 is 16.5 Å². The minimum absolute atomic E-state index is 0.233. The van der Waals surface area contributed by atoms with Crippen LogP contribution in [0.1, 0.15) is 38.5 Å². The van der Waals surface area contributed by atoms with E-state index in [1.165, 1.54) is 38.5 Å². The molecule has 1 aromatic rings. The molecule has 1 fully saturated rings. The highest BCUT2D eigenvalue weighted by Gasteiger charge is 2.13. The van der Waals surface area contributed by atoms with Crippen LogP contribution in [0.4, 0.5) is 17.6 Å². The molecule has 1 saturated carbocycles. The molecule has 6 heteroatoms. The lowest BCUT2D eigenvalue weighted by Gasteiger charge is -2.17. The molecule has 0 aliphatic heterocycles. The molecule has 0 aromatic carbocycles. The molecule has 1 heterocycles. The van der Waals surface area contributed by atoms with E-state index in [2.05, 4.69) is 20.7 Å². The van der Waals surface area contributed by atoms with E-state index in [9.17, 15) is 0 Å². The third-order valence-electron chi connectivity index (χ3n) is 3.10. The van der Waals surface area contributed by atoms with Gasteiger partial charge in [0, 0.05) is 12.1 Å². The summed E-state index contributed by atoms with van der Waals surface area (Å²) in [5.74, 6) is 6.84. The molecule has 1 aliphatic rings. The Hall–Kier alpha value is -1.56. The van der Waals surface area contributed by atoms with Crippen molar-refractivity contribution in [2.45, 2.75) is 44.6 Å². The number of nitrogens with one attached hydrogen (secondary N) is 2. The van der Waals surface area contributed by atoms with E-state index < -0.39 is 0 Å². The maximum atomic E-state index is 5.61. The van der Waals surface area contributed by atoms with Crippen molar-refractivity contribution in [3.05, 3.63) is 6.07 Å². The number of nitrogens with zero attached hydrogens (tertiary/aromatic N) is 2. The van der Waals surface area contributed by atoms with E-state index >= 15 is 0 Å². The van der Waals surface area contributed by atoms with Gasteiger partial charge in [0.25, 0.3) is 0 Å². The Kier molecular flexibility index (Phi) is 3.98. The first-order chi connectivity index (χ1) is 8.28. The van der Waals surface area contributed by atoms with E-state index in [0.29, 0.717) is 11.9 Å². The van der Waals surface area contributed by atoms with Gasteiger partial charge in [-0.05, 0) is 12.8 Å². The molecular formula is C11H20N6. The summed E-state index contributed by atoms with van der Waals surface area (Å²) in [6, 6.07) is 2.26. The molecule has 1 aliphatic carbocycles. The van der Waals surface area contributed by atoms with Crippen LogP contribution in [0.5, 0.6) is 0 Å². The second kappa shape index (κ2) is 5.67. The first-order valence-corrected chi connectivity index (χ1v) is 6.15. The largest absolute Gasteiger partial charge is 0.368 e. The summed E-state index contributed by atoms with van der Waals surface area (Å²) in [5, 5.41) is 3.41. The SMILES string of the molecule is NNc1cc(NC2CCCCCC2)nc(N)n1. The highest BCUT2D eigenvalue weighted by molar-refractivity contribution is 5.50. The fourth-order valence-electron chi connectivity index (χ4n) is 2.25. The van der Waals surface area contributed by atoms with Gasteiger partial charge in [-0.3, -0.25) is 0 Å². The fourth-order valence-corrected chi connectivity index (χ4v) is 2.25. The molecule has 6 N–H and O–H groups in total. The predicted molar refractivity (Wildman–Crippen MR) is 69.4 cm³/mol. The molecule has 0 amide bonds. The van der Waals surface area contributed by atoms with Crippen molar-refractivity contribution in [1.29, 1.82) is 0 Å². The van der Waals surface area contributed by atoms with Crippen LogP contribution >= 0.6 is 0 Å². The molecule has 1 aromatic heterocycles. The lowest BCUT2D eigenvalue weighted by Crippen LogP contribution is -2.20. The number of rotatable bonds is 3. The molecule has 0 saturated heterocycles. The smallest absolute Gasteiger partial charge is 0.223 e. The van der Waals surface area contributed by atoms with Crippen molar-refractivity contribution < 1.29 is 0 Å². The van der Waals surface area contributed by atoms with Crippen LogP contribution in [0.3, 0.4) is 0 Å². The Morgan fingerprint density at radius 1 is 1.06 bits per heavy atom. The quantitative estimate of drug-likeness (QED) is 0.360. The summed E-state index contributed by atoms with van der Waals surface area (Å²) >= 11 is 0. The third-order valence-corrected chi connectivity index (χ3v) is 3.10. The number of hydrazine groups is 1. The molecule has 0 unspecified atom stereocenters. The zero-order valence-electron chi connectivity index (χ0n) is 9.95. The first kappa shape index (κ1) is 11.9. The van der Waals surface area contributed by atoms with Crippen LogP contribution < -0.4 is 22.3 Å². The monoisotopic (exact) mass is 236 g/mol. The Balaban J connectivity index is 2.03. The maximum Gasteiger partial charge on any atom is 0.223 e. The van der Waals surface area contributed by atoms with Gasteiger partial charge in [0.2, 0.25) is 5.95 Å². The number of hydrogen-bond acceptors (Lipinski definition) is 6. The molecule has 0 spiro atoms. The van der Waals surface area contributed by atoms with Crippen LogP contribution in [0.2, 0.25) is 0 Å². The summed E-state index contributed by atoms with van der Waals surface area (Å²) in [6.07, 6.45) is 7.60. The highest BCUT2D eigenvalue weighted by Crippen LogP contribution is 2.21. The summed E-state index contributed by atoms with van der Waals surface area (Å²) in [6.45, 7) is 0. The number of aromatic nitrogens is 2. The first-order valence-electron chi connectivity index (χ1n) is 6.15. The van der Waals surface area contributed by atoms with Gasteiger partial charge >= 0.3 is 0 Å². The molecule has 6 nitrogen and oxygen atoms in total. The van der Waals surface area contributed by atoms with Gasteiger partial charge in [-0.1, -0.05) is 25.7 Å².